The Kier molecular flexibility index (Phi) is 24.8. The Hall–Kier alpha value is -3.80. The van der Waals surface area contributed by atoms with Gasteiger partial charge in [0.05, 0.1) is 61.9 Å². The predicted octanol–water partition coefficient (Wildman–Crippen LogP) is 6.86. The Morgan fingerprint density at radius 2 is 0.625 bits per heavy atom. The van der Waals surface area contributed by atoms with E-state index in [9.17, 15) is 19.2 Å². The van der Waals surface area contributed by atoms with Crippen LogP contribution in [0.15, 0.2) is 48.5 Å². The summed E-state index contributed by atoms with van der Waals surface area (Å²) < 4.78 is 36.3. The topological polar surface area (TPSA) is 133 Å². The number of unbranched alkanes of at least 4 members (excludes halogenated alkanes) is 3. The van der Waals surface area contributed by atoms with E-state index in [-0.39, 0.29) is 25.2 Å². The predicted molar refractivity (Wildman–Crippen MR) is 181 cm³/mol. The van der Waals surface area contributed by atoms with Crippen LogP contribution >= 0.6 is 0 Å². The van der Waals surface area contributed by atoms with Crippen LogP contribution in [-0.4, -0.2) is 89.9 Å². The van der Waals surface area contributed by atoms with E-state index in [0.717, 1.165) is 51.6 Å². The lowest BCUT2D eigenvalue weighted by Crippen LogP contribution is -2.13. The molecule has 0 saturated carbocycles. The lowest BCUT2D eigenvalue weighted by atomic mass is 10.1. The molecule has 0 aliphatic heterocycles. The minimum absolute atomic E-state index is 0.174. The van der Waals surface area contributed by atoms with E-state index in [2.05, 4.69) is 6.92 Å². The van der Waals surface area contributed by atoms with Gasteiger partial charge in [0.25, 0.3) is 0 Å². The smallest absolute Gasteiger partial charge is 0.338 e. The van der Waals surface area contributed by atoms with Crippen LogP contribution in [0, 0.1) is 0 Å². The maximum Gasteiger partial charge on any atom is 0.338 e. The third-order valence-electron chi connectivity index (χ3n) is 6.46. The van der Waals surface area contributed by atoms with Crippen molar-refractivity contribution >= 4 is 23.9 Å². The third-order valence-corrected chi connectivity index (χ3v) is 6.46. The summed E-state index contributed by atoms with van der Waals surface area (Å²) in [6.07, 6.45) is 6.68. The number of ether oxygens (including phenoxy) is 7. The molecule has 268 valence electrons. The van der Waals surface area contributed by atoms with Crippen LogP contribution in [0.3, 0.4) is 0 Å². The van der Waals surface area contributed by atoms with Gasteiger partial charge in [-0.2, -0.15) is 0 Å². The average molecular weight is 675 g/mol. The molecular weight excluding hydrogens is 620 g/mol. The molecule has 0 amide bonds. The van der Waals surface area contributed by atoms with Gasteiger partial charge in [0.2, 0.25) is 0 Å². The minimum atomic E-state index is -0.447. The molecule has 0 fully saturated rings. The molecule has 48 heavy (non-hydrogen) atoms. The summed E-state index contributed by atoms with van der Waals surface area (Å²) in [6, 6.07) is 12.5. The van der Waals surface area contributed by atoms with Crippen molar-refractivity contribution in [2.75, 3.05) is 66.1 Å². The number of hydrogen-bond donors (Lipinski definition) is 0. The zero-order chi connectivity index (χ0) is 35.2. The summed E-state index contributed by atoms with van der Waals surface area (Å²) in [5.41, 5.74) is 1.64. The van der Waals surface area contributed by atoms with Gasteiger partial charge in [-0.25, -0.2) is 19.2 Å². The second kappa shape index (κ2) is 28.2. The van der Waals surface area contributed by atoms with E-state index in [1.807, 2.05) is 20.8 Å². The molecule has 2 aromatic rings. The monoisotopic (exact) mass is 674 g/mol. The molecule has 0 saturated heterocycles. The van der Waals surface area contributed by atoms with Gasteiger partial charge in [-0.3, -0.25) is 0 Å². The Labute approximate surface area is 285 Å². The number of esters is 4. The van der Waals surface area contributed by atoms with E-state index < -0.39 is 11.9 Å². The molecule has 2 aromatic carbocycles. The number of carbonyl (C=O) groups excluding carboxylic acids is 4. The zero-order valence-electron chi connectivity index (χ0n) is 29.1. The fourth-order valence-electron chi connectivity index (χ4n) is 3.64. The largest absolute Gasteiger partial charge is 0.462 e. The van der Waals surface area contributed by atoms with Crippen LogP contribution in [0.5, 0.6) is 0 Å². The average Bonchev–Trinajstić information content (AvgIpc) is 3.11. The van der Waals surface area contributed by atoms with Gasteiger partial charge in [0, 0.05) is 13.2 Å². The number of carbonyl (C=O) groups is 4. The van der Waals surface area contributed by atoms with Gasteiger partial charge in [0.15, 0.2) is 0 Å². The van der Waals surface area contributed by atoms with Crippen molar-refractivity contribution in [3.05, 3.63) is 70.8 Å². The van der Waals surface area contributed by atoms with Crippen LogP contribution in [0.2, 0.25) is 0 Å². The van der Waals surface area contributed by atoms with E-state index in [4.69, 9.17) is 33.2 Å². The van der Waals surface area contributed by atoms with Crippen molar-refractivity contribution in [2.24, 2.45) is 0 Å². The molecule has 0 spiro atoms. The Balaban J connectivity index is 0.000000482. The van der Waals surface area contributed by atoms with Crippen molar-refractivity contribution in [3.63, 3.8) is 0 Å². The summed E-state index contributed by atoms with van der Waals surface area (Å²) in [6.45, 7) is 12.6. The molecule has 0 heterocycles. The quantitative estimate of drug-likeness (QED) is 0.0657. The van der Waals surface area contributed by atoms with Crippen molar-refractivity contribution in [1.29, 1.82) is 0 Å². The molecule has 11 nitrogen and oxygen atoms in total. The number of rotatable bonds is 24. The van der Waals surface area contributed by atoms with Crippen LogP contribution < -0.4 is 0 Å². The highest BCUT2D eigenvalue weighted by atomic mass is 16.6. The highest BCUT2D eigenvalue weighted by Gasteiger charge is 2.12. The molecule has 11 heteroatoms. The van der Waals surface area contributed by atoms with Gasteiger partial charge < -0.3 is 33.2 Å². The second-order valence-electron chi connectivity index (χ2n) is 10.6. The summed E-state index contributed by atoms with van der Waals surface area (Å²) in [4.78, 5) is 47.2. The van der Waals surface area contributed by atoms with Crippen LogP contribution in [0.25, 0.3) is 0 Å². The molecule has 0 aliphatic carbocycles. The van der Waals surface area contributed by atoms with Crippen molar-refractivity contribution < 1.29 is 52.3 Å². The summed E-state index contributed by atoms with van der Waals surface area (Å²) in [5, 5.41) is 0. The number of benzene rings is 2. The molecule has 0 N–H and O–H groups in total. The van der Waals surface area contributed by atoms with Gasteiger partial charge in [0.1, 0.15) is 13.2 Å². The van der Waals surface area contributed by atoms with Crippen molar-refractivity contribution in [1.82, 2.24) is 0 Å². The molecule has 2 rings (SSSR count). The van der Waals surface area contributed by atoms with Crippen molar-refractivity contribution in [3.8, 4) is 0 Å². The summed E-state index contributed by atoms with van der Waals surface area (Å²) in [5.74, 6) is -1.62. The molecule has 0 aliphatic rings. The van der Waals surface area contributed by atoms with Gasteiger partial charge >= 0.3 is 23.9 Å². The van der Waals surface area contributed by atoms with Gasteiger partial charge in [-0.15, -0.1) is 0 Å². The molecule has 0 unspecified atom stereocenters. The summed E-state index contributed by atoms with van der Waals surface area (Å²) in [7, 11) is 0. The lowest BCUT2D eigenvalue weighted by molar-refractivity contribution is 0.0147. The Morgan fingerprint density at radius 3 is 0.958 bits per heavy atom. The van der Waals surface area contributed by atoms with Crippen LogP contribution in [-0.2, 0) is 33.2 Å². The fraction of sp³-hybridized carbons (Fsp3) is 0.568. The van der Waals surface area contributed by atoms with E-state index in [1.54, 1.807) is 48.5 Å². The first-order valence-electron chi connectivity index (χ1n) is 17.0. The Bertz CT molecular complexity index is 1150. The van der Waals surface area contributed by atoms with Crippen molar-refractivity contribution in [2.45, 2.75) is 72.6 Å². The van der Waals surface area contributed by atoms with E-state index in [0.29, 0.717) is 68.5 Å². The van der Waals surface area contributed by atoms with Gasteiger partial charge in [-0.05, 0) is 74.2 Å². The zero-order valence-corrected chi connectivity index (χ0v) is 29.1. The molecule has 0 atom stereocenters. The Morgan fingerprint density at radius 1 is 0.354 bits per heavy atom. The molecule has 0 radical (unpaired) electrons. The number of hydrogen-bond acceptors (Lipinski definition) is 11. The fourth-order valence-corrected chi connectivity index (χ4v) is 3.64. The second-order valence-corrected chi connectivity index (χ2v) is 10.6. The summed E-state index contributed by atoms with van der Waals surface area (Å²) >= 11 is 0. The SMILES string of the molecule is CCCCOC(=O)c1ccc(C(=O)OCCOCCOCCC)cc1.CCCCOCCOC(=O)c1ccc(C(=O)OCCCC)cc1. The molecule has 0 aromatic heterocycles. The van der Waals surface area contributed by atoms with Crippen LogP contribution in [0.1, 0.15) is 114 Å². The van der Waals surface area contributed by atoms with E-state index >= 15 is 0 Å². The molecular formula is C37H54O11. The maximum atomic E-state index is 11.9. The van der Waals surface area contributed by atoms with E-state index in [1.165, 1.54) is 0 Å². The highest BCUT2D eigenvalue weighted by molar-refractivity contribution is 5.94. The minimum Gasteiger partial charge on any atom is -0.462 e. The molecule has 0 bridgehead atoms. The lowest BCUT2D eigenvalue weighted by Gasteiger charge is -2.07. The first-order valence-corrected chi connectivity index (χ1v) is 17.0. The third kappa shape index (κ3) is 19.8. The van der Waals surface area contributed by atoms with Gasteiger partial charge in [-0.1, -0.05) is 47.0 Å². The normalized spacial score (nSPS) is 10.4. The highest BCUT2D eigenvalue weighted by Crippen LogP contribution is 2.09. The first-order chi connectivity index (χ1) is 23.4. The maximum absolute atomic E-state index is 11.9. The standard InChI is InChI=1S/C19H28O6.C18H26O5/c1-3-5-11-24-18(20)16-6-8-17(9-7-16)19(21)25-15-14-23-13-12-22-10-4-2;1-3-5-11-21-13-14-23-18(20)16-9-7-15(8-10-16)17(19)22-12-6-4-2/h6-9H,3-5,10-15H2,1-2H3;7-10H,3-6,11-14H2,1-2H3. The van der Waals surface area contributed by atoms with Crippen LogP contribution in [0.4, 0.5) is 0 Å². The first kappa shape index (κ1) is 42.2.